The molecule has 0 unspecified atom stereocenters. The smallest absolute Gasteiger partial charge is 0.254 e. The Morgan fingerprint density at radius 2 is 0.644 bits per heavy atom. The molecule has 0 atom stereocenters. The van der Waals surface area contributed by atoms with Crippen LogP contribution in [-0.4, -0.2) is 56.8 Å². The molecule has 0 bridgehead atoms. The fraction of sp³-hybridized carbons (Fsp3) is 0.892. The molecule has 73 heavy (non-hydrogen) atoms. The van der Waals surface area contributed by atoms with E-state index in [1.165, 1.54) is 270 Å². The molecule has 1 saturated heterocycles. The first-order chi connectivity index (χ1) is 36.2. The molecule has 2 rings (SSSR count). The number of carbonyl (C=O) groups excluding carboxylic acids is 1. The number of unbranched alkanes of at least 4 members (excludes halogenated alkanes) is 45. The van der Waals surface area contributed by atoms with Gasteiger partial charge in [-0.3, -0.25) is 4.79 Å². The highest BCUT2D eigenvalue weighted by Gasteiger charge is 2.25. The van der Waals surface area contributed by atoms with E-state index in [0.29, 0.717) is 55.7 Å². The van der Waals surface area contributed by atoms with Crippen molar-refractivity contribution in [1.29, 1.82) is 0 Å². The van der Waals surface area contributed by atoms with Crippen molar-refractivity contribution in [3.8, 4) is 17.2 Å². The Labute approximate surface area is 453 Å². The molecule has 8 heteroatoms. The van der Waals surface area contributed by atoms with Gasteiger partial charge in [0.25, 0.3) is 11.7 Å². The molecule has 1 N–H and O–H groups in total. The van der Waals surface area contributed by atoms with Gasteiger partial charge in [-0.1, -0.05) is 310 Å². The van der Waals surface area contributed by atoms with Crippen molar-refractivity contribution >= 4 is 5.91 Å². The fourth-order valence-electron chi connectivity index (χ4n) is 10.5. The van der Waals surface area contributed by atoms with Crippen LogP contribution < -0.4 is 19.8 Å². The summed E-state index contributed by atoms with van der Waals surface area (Å²) in [5.41, 5.74) is 0.523. The van der Waals surface area contributed by atoms with Gasteiger partial charge in [0.2, 0.25) is 5.75 Å². The standard InChI is InChI=1S/C65H122N2O6/c1-4-7-10-13-16-19-22-25-28-31-34-37-40-43-46-49-56-69-62-59-61(65(68)67-54-52-66-53-55-67)60-63(72-70-57-50-47-44-41-38-35-32-29-26-23-20-17-14-11-8-5-2)64(62)73-71-58-51-48-45-42-39-36-33-30-27-24-21-18-15-12-9-6-3/h59-60,66H,4-58H2,1-3H3. The van der Waals surface area contributed by atoms with Gasteiger partial charge >= 0.3 is 0 Å². The van der Waals surface area contributed by atoms with Gasteiger partial charge in [-0.2, -0.15) is 9.78 Å². The number of benzene rings is 1. The van der Waals surface area contributed by atoms with E-state index in [9.17, 15) is 4.79 Å². The molecule has 0 aromatic heterocycles. The quantitative estimate of drug-likeness (QED) is 0.0396. The predicted molar refractivity (Wildman–Crippen MR) is 313 cm³/mol. The minimum absolute atomic E-state index is 0.0305. The van der Waals surface area contributed by atoms with Crippen molar-refractivity contribution < 1.29 is 29.1 Å². The van der Waals surface area contributed by atoms with Crippen LogP contribution in [0.5, 0.6) is 17.2 Å². The van der Waals surface area contributed by atoms with E-state index >= 15 is 0 Å². The summed E-state index contributed by atoms with van der Waals surface area (Å²) in [6, 6.07) is 3.58. The minimum Gasteiger partial charge on any atom is -0.489 e. The van der Waals surface area contributed by atoms with Crippen molar-refractivity contribution in [3.63, 3.8) is 0 Å². The number of nitrogens with one attached hydrogen (secondary N) is 1. The molecule has 1 aromatic rings. The van der Waals surface area contributed by atoms with Crippen LogP contribution in [0, 0.1) is 0 Å². The SMILES string of the molecule is CCCCCCCCCCCCCCCCCCOOc1cc(C(=O)N2CCNCC2)cc(OCCCCCCCCCCCCCCCCCC)c1OOCCCCCCCCCCCCCCCCCC. The first-order valence-corrected chi connectivity index (χ1v) is 32.6. The molecule has 1 amide bonds. The number of amides is 1. The second-order valence-electron chi connectivity index (χ2n) is 22.4. The lowest BCUT2D eigenvalue weighted by molar-refractivity contribution is -0.229. The second kappa shape index (κ2) is 53.4. The zero-order valence-electron chi connectivity index (χ0n) is 48.9. The summed E-state index contributed by atoms with van der Waals surface area (Å²) in [4.78, 5) is 39.7. The number of ether oxygens (including phenoxy) is 1. The molecule has 1 aliphatic heterocycles. The van der Waals surface area contributed by atoms with E-state index in [1.54, 1.807) is 6.07 Å². The van der Waals surface area contributed by atoms with Crippen LogP contribution in [0.25, 0.3) is 0 Å². The fourth-order valence-corrected chi connectivity index (χ4v) is 10.5. The van der Waals surface area contributed by atoms with Gasteiger partial charge in [0, 0.05) is 37.8 Å². The highest BCUT2D eigenvalue weighted by Crippen LogP contribution is 2.40. The number of rotatable bonds is 57. The van der Waals surface area contributed by atoms with Crippen LogP contribution in [0.2, 0.25) is 0 Å². The summed E-state index contributed by atoms with van der Waals surface area (Å²) in [5.74, 6) is 1.15. The lowest BCUT2D eigenvalue weighted by Crippen LogP contribution is -2.46. The summed E-state index contributed by atoms with van der Waals surface area (Å²) >= 11 is 0. The average Bonchev–Trinajstić information content (AvgIpc) is 3.41. The Bertz CT molecular complexity index is 1310. The van der Waals surface area contributed by atoms with Crippen molar-refractivity contribution in [2.45, 2.75) is 329 Å². The maximum absolute atomic E-state index is 13.9. The zero-order valence-corrected chi connectivity index (χ0v) is 48.9. The van der Waals surface area contributed by atoms with E-state index in [-0.39, 0.29) is 5.91 Å². The molecule has 8 nitrogen and oxygen atoms in total. The van der Waals surface area contributed by atoms with Gasteiger partial charge in [0.05, 0.1) is 19.8 Å². The third-order valence-electron chi connectivity index (χ3n) is 15.4. The summed E-state index contributed by atoms with van der Waals surface area (Å²) in [7, 11) is 0. The Morgan fingerprint density at radius 1 is 0.370 bits per heavy atom. The van der Waals surface area contributed by atoms with E-state index < -0.39 is 0 Å². The minimum atomic E-state index is -0.0305. The van der Waals surface area contributed by atoms with Crippen LogP contribution in [0.4, 0.5) is 0 Å². The predicted octanol–water partition coefficient (Wildman–Crippen LogP) is 20.5. The molecular formula is C65H122N2O6. The molecule has 0 aliphatic carbocycles. The molecule has 1 aliphatic rings. The summed E-state index contributed by atoms with van der Waals surface area (Å²) in [6.45, 7) is 11.3. The molecule has 0 saturated carbocycles. The molecule has 0 radical (unpaired) electrons. The largest absolute Gasteiger partial charge is 0.489 e. The highest BCUT2D eigenvalue weighted by atomic mass is 17.2. The van der Waals surface area contributed by atoms with Gasteiger partial charge in [0.15, 0.2) is 5.75 Å². The molecule has 0 spiro atoms. The summed E-state index contributed by atoms with van der Waals surface area (Å²) in [5, 5.41) is 3.37. The van der Waals surface area contributed by atoms with Gasteiger partial charge in [0.1, 0.15) is 0 Å². The molecule has 1 aromatic carbocycles. The Balaban J connectivity index is 1.83. The molecular weight excluding hydrogens is 905 g/mol. The van der Waals surface area contributed by atoms with Crippen molar-refractivity contribution in [1.82, 2.24) is 10.2 Å². The first-order valence-electron chi connectivity index (χ1n) is 32.6. The van der Waals surface area contributed by atoms with Crippen LogP contribution in [-0.2, 0) is 9.78 Å². The number of hydrogen-bond donors (Lipinski definition) is 1. The number of hydrogen-bond acceptors (Lipinski definition) is 7. The monoisotopic (exact) mass is 1030 g/mol. The van der Waals surface area contributed by atoms with E-state index in [4.69, 9.17) is 24.3 Å². The first kappa shape index (κ1) is 67.1. The van der Waals surface area contributed by atoms with E-state index in [0.717, 1.165) is 51.6 Å². The van der Waals surface area contributed by atoms with Gasteiger partial charge in [-0.05, 0) is 25.3 Å². The average molecular weight is 1030 g/mol. The lowest BCUT2D eigenvalue weighted by Gasteiger charge is -2.28. The number of carbonyl (C=O) groups is 1. The van der Waals surface area contributed by atoms with Crippen LogP contribution >= 0.6 is 0 Å². The lowest BCUT2D eigenvalue weighted by atomic mass is 10.0. The summed E-state index contributed by atoms with van der Waals surface area (Å²) < 4.78 is 6.48. The van der Waals surface area contributed by atoms with Gasteiger partial charge in [-0.15, -0.1) is 0 Å². The molecule has 1 heterocycles. The number of nitrogens with zero attached hydrogens (tertiary/aromatic N) is 1. The highest BCUT2D eigenvalue weighted by molar-refractivity contribution is 5.95. The van der Waals surface area contributed by atoms with Gasteiger partial charge < -0.3 is 24.7 Å². The van der Waals surface area contributed by atoms with Crippen LogP contribution in [0.3, 0.4) is 0 Å². The topological polar surface area (TPSA) is 78.5 Å². The van der Waals surface area contributed by atoms with Crippen molar-refractivity contribution in [3.05, 3.63) is 17.7 Å². The Morgan fingerprint density at radius 3 is 0.973 bits per heavy atom. The third kappa shape index (κ3) is 40.8. The Kier molecular flexibility index (Phi) is 49.0. The maximum Gasteiger partial charge on any atom is 0.254 e. The zero-order chi connectivity index (χ0) is 52.0. The normalized spacial score (nSPS) is 12.8. The molecule has 428 valence electrons. The third-order valence-corrected chi connectivity index (χ3v) is 15.4. The second-order valence-corrected chi connectivity index (χ2v) is 22.4. The number of piperazine rings is 1. The van der Waals surface area contributed by atoms with Crippen LogP contribution in [0.15, 0.2) is 12.1 Å². The maximum atomic E-state index is 13.9. The van der Waals surface area contributed by atoms with Crippen molar-refractivity contribution in [2.75, 3.05) is 46.0 Å². The van der Waals surface area contributed by atoms with E-state index in [1.807, 2.05) is 11.0 Å². The summed E-state index contributed by atoms with van der Waals surface area (Å²) in [6.07, 6.45) is 63.8. The van der Waals surface area contributed by atoms with Crippen LogP contribution in [0.1, 0.15) is 339 Å². The van der Waals surface area contributed by atoms with E-state index in [2.05, 4.69) is 26.1 Å². The Hall–Kier alpha value is -2.03. The van der Waals surface area contributed by atoms with Crippen molar-refractivity contribution in [2.24, 2.45) is 0 Å². The van der Waals surface area contributed by atoms with Gasteiger partial charge in [-0.25, -0.2) is 0 Å². The molecule has 1 fully saturated rings.